The standard InChI is InChI=1S/C36H47N3O4/c1-5-7-30(26-12-16-28(17-13-26)33(42)37-23-20-31(40)41)39-34(43)32(27-14-10-25(11-15-27)24-8-9-24)38-36(39)21-18-29(19-22-36)35(3,4)6-2/h10-17,24,29-30H,5-9,18-23H2,1-4H3,(H,37,42)(H,40,41)/t29?,30-,36?/m1/s1. The number of nitrogens with zero attached hydrogens (tertiary/aromatic N) is 2. The Morgan fingerprint density at radius 1 is 1.02 bits per heavy atom. The summed E-state index contributed by atoms with van der Waals surface area (Å²) in [7, 11) is 0. The predicted molar refractivity (Wildman–Crippen MR) is 169 cm³/mol. The normalized spacial score (nSPS) is 22.9. The molecule has 2 amide bonds. The fourth-order valence-electron chi connectivity index (χ4n) is 7.03. The summed E-state index contributed by atoms with van der Waals surface area (Å²) in [5.74, 6) is 0.00849. The van der Waals surface area contributed by atoms with E-state index in [2.05, 4.69) is 62.2 Å². The van der Waals surface area contributed by atoms with Crippen molar-refractivity contribution in [1.82, 2.24) is 10.2 Å². The van der Waals surface area contributed by atoms with Gasteiger partial charge < -0.3 is 15.3 Å². The second-order valence-electron chi connectivity index (χ2n) is 13.5. The number of aliphatic imine (C=N–C) groups is 1. The van der Waals surface area contributed by atoms with Crippen molar-refractivity contribution in [2.75, 3.05) is 6.54 Å². The van der Waals surface area contributed by atoms with Crippen molar-refractivity contribution in [1.29, 1.82) is 0 Å². The fraction of sp³-hybridized carbons (Fsp3) is 0.556. The maximum atomic E-state index is 14.5. The van der Waals surface area contributed by atoms with Crippen molar-refractivity contribution in [3.8, 4) is 0 Å². The Bertz CT molecular complexity index is 1350. The number of hydrogen-bond donors (Lipinski definition) is 2. The number of carbonyl (C=O) groups is 3. The molecule has 1 spiro atoms. The van der Waals surface area contributed by atoms with Gasteiger partial charge in [-0.2, -0.15) is 0 Å². The first-order valence-corrected chi connectivity index (χ1v) is 16.2. The molecule has 1 aliphatic heterocycles. The first-order chi connectivity index (χ1) is 20.6. The number of hydrogen-bond acceptors (Lipinski definition) is 4. The summed E-state index contributed by atoms with van der Waals surface area (Å²) in [4.78, 5) is 45.3. The van der Waals surface area contributed by atoms with E-state index in [1.807, 2.05) is 12.1 Å². The van der Waals surface area contributed by atoms with Gasteiger partial charge in [0.15, 0.2) is 0 Å². The zero-order valence-corrected chi connectivity index (χ0v) is 26.2. The lowest BCUT2D eigenvalue weighted by Crippen LogP contribution is -2.51. The van der Waals surface area contributed by atoms with Crippen LogP contribution in [0.4, 0.5) is 0 Å². The van der Waals surface area contributed by atoms with Gasteiger partial charge >= 0.3 is 5.97 Å². The predicted octanol–water partition coefficient (Wildman–Crippen LogP) is 7.26. The van der Waals surface area contributed by atoms with E-state index < -0.39 is 11.6 Å². The number of carbonyl (C=O) groups excluding carboxylic acids is 2. The average molecular weight is 586 g/mol. The highest BCUT2D eigenvalue weighted by atomic mass is 16.4. The van der Waals surface area contributed by atoms with Gasteiger partial charge in [-0.3, -0.25) is 19.4 Å². The SMILES string of the molecule is CCC[C@H](c1ccc(C(=O)NCCC(=O)O)cc1)N1C(=O)C(c2ccc(C3CC3)cc2)=NC12CCC(C(C)(C)CC)CC2. The Kier molecular flexibility index (Phi) is 9.10. The van der Waals surface area contributed by atoms with Gasteiger partial charge in [-0.25, -0.2) is 0 Å². The third-order valence-corrected chi connectivity index (χ3v) is 10.3. The van der Waals surface area contributed by atoms with Crippen molar-refractivity contribution in [2.24, 2.45) is 16.3 Å². The second kappa shape index (κ2) is 12.6. The van der Waals surface area contributed by atoms with Crippen LogP contribution in [-0.2, 0) is 9.59 Å². The molecule has 7 nitrogen and oxygen atoms in total. The van der Waals surface area contributed by atoms with Gasteiger partial charge in [0.1, 0.15) is 11.4 Å². The average Bonchev–Trinajstić information content (AvgIpc) is 3.82. The molecule has 0 bridgehead atoms. The van der Waals surface area contributed by atoms with Crippen molar-refractivity contribution >= 4 is 23.5 Å². The smallest absolute Gasteiger partial charge is 0.305 e. The fourth-order valence-corrected chi connectivity index (χ4v) is 7.03. The van der Waals surface area contributed by atoms with Gasteiger partial charge in [0.2, 0.25) is 0 Å². The van der Waals surface area contributed by atoms with E-state index in [1.54, 1.807) is 12.1 Å². The third-order valence-electron chi connectivity index (χ3n) is 10.3. The van der Waals surface area contributed by atoms with Crippen LogP contribution in [0.1, 0.15) is 131 Å². The molecule has 7 heteroatoms. The van der Waals surface area contributed by atoms with E-state index in [1.165, 1.54) is 18.4 Å². The highest BCUT2D eigenvalue weighted by Gasteiger charge is 2.52. The lowest BCUT2D eigenvalue weighted by Gasteiger charge is -2.48. The quantitative estimate of drug-likeness (QED) is 0.274. The van der Waals surface area contributed by atoms with Crippen LogP contribution in [0.3, 0.4) is 0 Å². The molecule has 2 fully saturated rings. The molecule has 5 rings (SSSR count). The summed E-state index contributed by atoms with van der Waals surface area (Å²) in [6, 6.07) is 15.8. The third kappa shape index (κ3) is 6.56. The molecule has 0 radical (unpaired) electrons. The van der Waals surface area contributed by atoms with Crippen LogP contribution >= 0.6 is 0 Å². The summed E-state index contributed by atoms with van der Waals surface area (Å²) in [6.07, 6.45) is 8.96. The van der Waals surface area contributed by atoms with E-state index in [0.29, 0.717) is 23.1 Å². The Morgan fingerprint density at radius 2 is 1.67 bits per heavy atom. The summed E-state index contributed by atoms with van der Waals surface area (Å²) < 4.78 is 0. The monoisotopic (exact) mass is 585 g/mol. The van der Waals surface area contributed by atoms with E-state index in [4.69, 9.17) is 10.1 Å². The molecule has 2 aliphatic carbocycles. The number of rotatable bonds is 12. The Labute approximate surface area is 256 Å². The zero-order valence-electron chi connectivity index (χ0n) is 26.2. The number of carboxylic acid groups (broad SMARTS) is 1. The molecule has 1 atom stereocenters. The molecule has 3 aliphatic rings. The van der Waals surface area contributed by atoms with Gasteiger partial charge in [-0.05, 0) is 85.5 Å². The lowest BCUT2D eigenvalue weighted by molar-refractivity contribution is -0.137. The first-order valence-electron chi connectivity index (χ1n) is 16.2. The first kappa shape index (κ1) is 31.0. The minimum atomic E-state index is -0.949. The zero-order chi connectivity index (χ0) is 30.8. The van der Waals surface area contributed by atoms with Gasteiger partial charge in [-0.15, -0.1) is 0 Å². The molecule has 1 heterocycles. The van der Waals surface area contributed by atoms with E-state index in [0.717, 1.165) is 56.1 Å². The van der Waals surface area contributed by atoms with Crippen LogP contribution in [0.15, 0.2) is 53.5 Å². The summed E-state index contributed by atoms with van der Waals surface area (Å²) in [6.45, 7) is 9.22. The van der Waals surface area contributed by atoms with Crippen LogP contribution in [0.2, 0.25) is 0 Å². The molecule has 0 saturated heterocycles. The number of amides is 2. The Hall–Kier alpha value is -3.48. The molecular weight excluding hydrogens is 538 g/mol. The Balaban J connectivity index is 1.45. The van der Waals surface area contributed by atoms with Crippen molar-refractivity contribution < 1.29 is 19.5 Å². The second-order valence-corrected chi connectivity index (χ2v) is 13.5. The molecule has 2 aromatic carbocycles. The molecular formula is C36H47N3O4. The number of benzene rings is 2. The van der Waals surface area contributed by atoms with Crippen molar-refractivity contribution in [2.45, 2.75) is 110 Å². The highest BCUT2D eigenvalue weighted by Crippen LogP contribution is 2.50. The molecule has 2 aromatic rings. The lowest BCUT2D eigenvalue weighted by atomic mass is 9.67. The summed E-state index contributed by atoms with van der Waals surface area (Å²) >= 11 is 0. The van der Waals surface area contributed by atoms with Crippen LogP contribution in [0.5, 0.6) is 0 Å². The van der Waals surface area contributed by atoms with Crippen LogP contribution < -0.4 is 5.32 Å². The minimum Gasteiger partial charge on any atom is -0.481 e. The van der Waals surface area contributed by atoms with E-state index >= 15 is 0 Å². The summed E-state index contributed by atoms with van der Waals surface area (Å²) in [5, 5.41) is 11.5. The molecule has 0 aromatic heterocycles. The Morgan fingerprint density at radius 3 is 2.23 bits per heavy atom. The molecule has 230 valence electrons. The van der Waals surface area contributed by atoms with Gasteiger partial charge in [-0.1, -0.05) is 76.9 Å². The van der Waals surface area contributed by atoms with Gasteiger partial charge in [0.25, 0.3) is 11.8 Å². The maximum Gasteiger partial charge on any atom is 0.305 e. The maximum absolute atomic E-state index is 14.5. The number of nitrogens with one attached hydrogen (secondary N) is 1. The molecule has 2 N–H and O–H groups in total. The van der Waals surface area contributed by atoms with Gasteiger partial charge in [0, 0.05) is 17.7 Å². The van der Waals surface area contributed by atoms with E-state index in [9.17, 15) is 14.4 Å². The minimum absolute atomic E-state index is 0.00122. The number of carboxylic acids is 1. The largest absolute Gasteiger partial charge is 0.481 e. The number of aliphatic carboxylic acids is 1. The molecule has 2 saturated carbocycles. The van der Waals surface area contributed by atoms with Crippen LogP contribution in [0.25, 0.3) is 0 Å². The summed E-state index contributed by atoms with van der Waals surface area (Å²) in [5.41, 5.74) is 3.97. The molecule has 0 unspecified atom stereocenters. The van der Waals surface area contributed by atoms with E-state index in [-0.39, 0.29) is 36.2 Å². The topological polar surface area (TPSA) is 99.1 Å². The van der Waals surface area contributed by atoms with Crippen molar-refractivity contribution in [3.63, 3.8) is 0 Å². The molecule has 43 heavy (non-hydrogen) atoms. The van der Waals surface area contributed by atoms with Crippen molar-refractivity contribution in [3.05, 3.63) is 70.8 Å². The highest BCUT2D eigenvalue weighted by molar-refractivity contribution is 6.46. The van der Waals surface area contributed by atoms with Crippen LogP contribution in [-0.4, -0.2) is 45.7 Å². The van der Waals surface area contributed by atoms with Crippen LogP contribution in [0, 0.1) is 11.3 Å². The van der Waals surface area contributed by atoms with Gasteiger partial charge in [0.05, 0.1) is 12.5 Å².